The maximum Gasteiger partial charge on any atom is 0.323 e. The van der Waals surface area contributed by atoms with E-state index in [1.165, 1.54) is 0 Å². The molecule has 0 radical (unpaired) electrons. The largest absolute Gasteiger partial charge is 0.489 e. The predicted molar refractivity (Wildman–Crippen MR) is 85.1 cm³/mol. The Kier molecular flexibility index (Phi) is 3.47. The fourth-order valence-electron chi connectivity index (χ4n) is 2.28. The number of fused-ring (bicyclic) bond motifs is 1. The lowest BCUT2D eigenvalue weighted by molar-refractivity contribution is 0.242. The van der Waals surface area contributed by atoms with Crippen LogP contribution in [0.25, 0.3) is 22.2 Å². The number of aromatic nitrogens is 2. The minimum Gasteiger partial charge on any atom is -0.489 e. The summed E-state index contributed by atoms with van der Waals surface area (Å²) >= 11 is 6.44. The van der Waals surface area contributed by atoms with Crippen LogP contribution in [0, 0.1) is 0 Å². The number of hydrogen-bond donors (Lipinski definition) is 2. The number of halogens is 1. The van der Waals surface area contributed by atoms with Gasteiger partial charge in [-0.25, -0.2) is 4.79 Å². The fraction of sp³-hybridized carbons (Fsp3) is 0.188. The zero-order chi connectivity index (χ0) is 15.0. The van der Waals surface area contributed by atoms with Crippen molar-refractivity contribution in [2.75, 3.05) is 0 Å². The van der Waals surface area contributed by atoms with Crippen LogP contribution in [-0.2, 0) is 0 Å². The molecule has 0 aliphatic rings. The van der Waals surface area contributed by atoms with Crippen molar-refractivity contribution >= 4 is 22.6 Å². The van der Waals surface area contributed by atoms with Crippen molar-refractivity contribution in [3.63, 3.8) is 0 Å². The maximum atomic E-state index is 11.3. The van der Waals surface area contributed by atoms with E-state index in [1.54, 1.807) is 0 Å². The van der Waals surface area contributed by atoms with Gasteiger partial charge in [0.25, 0.3) is 0 Å². The standard InChI is InChI=1S/C16H15ClN2O2/c1-9(2)21-14-5-3-4-11(15(14)17)10-6-7-12-13(8-10)19-16(20)18-12/h3-9H,1-2H3,(H2,18,19,20). The predicted octanol–water partition coefficient (Wildman–Crippen LogP) is 3.96. The summed E-state index contributed by atoms with van der Waals surface area (Å²) in [6.07, 6.45) is 0.0567. The van der Waals surface area contributed by atoms with Gasteiger partial charge < -0.3 is 14.7 Å². The number of aromatic amines is 2. The Morgan fingerprint density at radius 3 is 2.62 bits per heavy atom. The number of H-pyrrole nitrogens is 2. The molecule has 0 fully saturated rings. The highest BCUT2D eigenvalue weighted by molar-refractivity contribution is 6.34. The minimum absolute atomic E-state index is 0.0567. The first kappa shape index (κ1) is 13.8. The van der Waals surface area contributed by atoms with Crippen LogP contribution in [0.1, 0.15) is 13.8 Å². The summed E-state index contributed by atoms with van der Waals surface area (Å²) in [6, 6.07) is 11.4. The first-order valence-electron chi connectivity index (χ1n) is 6.72. The number of imidazole rings is 1. The molecular formula is C16H15ClN2O2. The van der Waals surface area contributed by atoms with Gasteiger partial charge in [0.2, 0.25) is 0 Å². The van der Waals surface area contributed by atoms with Crippen LogP contribution in [0.2, 0.25) is 5.02 Å². The minimum atomic E-state index is -0.217. The van der Waals surface area contributed by atoms with Crippen molar-refractivity contribution in [1.29, 1.82) is 0 Å². The summed E-state index contributed by atoms with van der Waals surface area (Å²) in [4.78, 5) is 16.8. The van der Waals surface area contributed by atoms with Crippen LogP contribution >= 0.6 is 11.6 Å². The van der Waals surface area contributed by atoms with E-state index in [2.05, 4.69) is 9.97 Å². The maximum absolute atomic E-state index is 11.3. The Balaban J connectivity index is 2.11. The number of ether oxygens (including phenoxy) is 1. The first-order chi connectivity index (χ1) is 10.0. The van der Waals surface area contributed by atoms with Crippen molar-refractivity contribution in [2.45, 2.75) is 20.0 Å². The van der Waals surface area contributed by atoms with Gasteiger partial charge in [-0.1, -0.05) is 29.8 Å². The second-order valence-corrected chi connectivity index (χ2v) is 5.50. The molecule has 1 aromatic heterocycles. The molecule has 3 aromatic rings. The molecule has 2 N–H and O–H groups in total. The Morgan fingerprint density at radius 2 is 1.86 bits per heavy atom. The molecule has 1 heterocycles. The summed E-state index contributed by atoms with van der Waals surface area (Å²) in [5.74, 6) is 0.659. The average molecular weight is 303 g/mol. The lowest BCUT2D eigenvalue weighted by atomic mass is 10.0. The van der Waals surface area contributed by atoms with Crippen molar-refractivity contribution in [3.8, 4) is 16.9 Å². The Labute approximate surface area is 126 Å². The van der Waals surface area contributed by atoms with E-state index in [1.807, 2.05) is 50.2 Å². The van der Waals surface area contributed by atoms with Crippen LogP contribution in [-0.4, -0.2) is 16.1 Å². The highest BCUT2D eigenvalue weighted by Gasteiger charge is 2.11. The molecule has 2 aromatic carbocycles. The van der Waals surface area contributed by atoms with Crippen LogP contribution in [0.5, 0.6) is 5.75 Å². The van der Waals surface area contributed by atoms with Gasteiger partial charge in [-0.3, -0.25) is 0 Å². The number of hydrogen-bond acceptors (Lipinski definition) is 2. The average Bonchev–Trinajstić information content (AvgIpc) is 2.79. The van der Waals surface area contributed by atoms with Gasteiger partial charge in [-0.15, -0.1) is 0 Å². The molecular weight excluding hydrogens is 288 g/mol. The van der Waals surface area contributed by atoms with E-state index in [9.17, 15) is 4.79 Å². The molecule has 0 aliphatic heterocycles. The second-order valence-electron chi connectivity index (χ2n) is 5.12. The Morgan fingerprint density at radius 1 is 1.10 bits per heavy atom. The highest BCUT2D eigenvalue weighted by atomic mass is 35.5. The van der Waals surface area contributed by atoms with E-state index in [4.69, 9.17) is 16.3 Å². The third-order valence-electron chi connectivity index (χ3n) is 3.15. The molecule has 0 spiro atoms. The molecule has 4 nitrogen and oxygen atoms in total. The van der Waals surface area contributed by atoms with Crippen LogP contribution in [0.3, 0.4) is 0 Å². The summed E-state index contributed by atoms with van der Waals surface area (Å²) in [5.41, 5.74) is 3.11. The summed E-state index contributed by atoms with van der Waals surface area (Å²) in [5, 5.41) is 0.573. The lowest BCUT2D eigenvalue weighted by Gasteiger charge is -2.14. The SMILES string of the molecule is CC(C)Oc1cccc(-c2ccc3[nH]c(=O)[nH]c3c2)c1Cl. The van der Waals surface area contributed by atoms with Crippen molar-refractivity contribution in [1.82, 2.24) is 9.97 Å². The van der Waals surface area contributed by atoms with Crippen LogP contribution in [0.15, 0.2) is 41.2 Å². The van der Waals surface area contributed by atoms with E-state index in [0.29, 0.717) is 10.8 Å². The molecule has 21 heavy (non-hydrogen) atoms. The van der Waals surface area contributed by atoms with Gasteiger partial charge in [-0.2, -0.15) is 0 Å². The molecule has 0 unspecified atom stereocenters. The van der Waals surface area contributed by atoms with E-state index in [-0.39, 0.29) is 11.8 Å². The van der Waals surface area contributed by atoms with E-state index in [0.717, 1.165) is 22.2 Å². The highest BCUT2D eigenvalue weighted by Crippen LogP contribution is 2.36. The van der Waals surface area contributed by atoms with Crippen molar-refractivity contribution in [2.24, 2.45) is 0 Å². The molecule has 0 saturated carbocycles. The van der Waals surface area contributed by atoms with Gasteiger partial charge in [0, 0.05) is 5.56 Å². The third-order valence-corrected chi connectivity index (χ3v) is 3.54. The van der Waals surface area contributed by atoms with Crippen LogP contribution in [0.4, 0.5) is 0 Å². The van der Waals surface area contributed by atoms with E-state index < -0.39 is 0 Å². The summed E-state index contributed by atoms with van der Waals surface area (Å²) in [6.45, 7) is 3.92. The first-order valence-corrected chi connectivity index (χ1v) is 7.10. The van der Waals surface area contributed by atoms with Gasteiger partial charge >= 0.3 is 5.69 Å². The second kappa shape index (κ2) is 5.30. The van der Waals surface area contributed by atoms with Gasteiger partial charge in [0.05, 0.1) is 22.2 Å². The van der Waals surface area contributed by atoms with E-state index >= 15 is 0 Å². The molecule has 0 bridgehead atoms. The van der Waals surface area contributed by atoms with Crippen LogP contribution < -0.4 is 10.4 Å². The normalized spacial score (nSPS) is 11.2. The molecule has 0 amide bonds. The van der Waals surface area contributed by atoms with Gasteiger partial charge in [0.1, 0.15) is 5.75 Å². The smallest absolute Gasteiger partial charge is 0.323 e. The van der Waals surface area contributed by atoms with Gasteiger partial charge in [-0.05, 0) is 37.6 Å². The van der Waals surface area contributed by atoms with Crippen molar-refractivity contribution < 1.29 is 4.74 Å². The third kappa shape index (κ3) is 2.67. The number of nitrogens with one attached hydrogen (secondary N) is 2. The fourth-order valence-corrected chi connectivity index (χ4v) is 2.56. The topological polar surface area (TPSA) is 57.9 Å². The lowest BCUT2D eigenvalue weighted by Crippen LogP contribution is -2.06. The molecule has 0 saturated heterocycles. The summed E-state index contributed by atoms with van der Waals surface area (Å²) < 4.78 is 5.70. The molecule has 3 rings (SSSR count). The summed E-state index contributed by atoms with van der Waals surface area (Å²) in [7, 11) is 0. The zero-order valence-electron chi connectivity index (χ0n) is 11.7. The molecule has 0 atom stereocenters. The Hall–Kier alpha value is -2.20. The molecule has 108 valence electrons. The zero-order valence-corrected chi connectivity index (χ0v) is 12.5. The number of rotatable bonds is 3. The van der Waals surface area contributed by atoms with Gasteiger partial charge in [0.15, 0.2) is 0 Å². The quantitative estimate of drug-likeness (QED) is 0.769. The molecule has 5 heteroatoms. The monoisotopic (exact) mass is 302 g/mol. The Bertz CT molecular complexity index is 849. The molecule has 0 aliphatic carbocycles. The van der Waals surface area contributed by atoms with Crippen molar-refractivity contribution in [3.05, 3.63) is 51.9 Å². The number of benzene rings is 2.